The fourth-order valence-corrected chi connectivity index (χ4v) is 3.54. The lowest BCUT2D eigenvalue weighted by molar-refractivity contribution is 0.688. The number of rotatable bonds is 4. The standard InChI is InChI=1S/C16H13Cl4N/c17-10-6-14(19)16(15(20)7-10)12-4-1-9(5-13(12)18)8-21-11-2-3-11/h1,4-7,11,21H,2-3,8H2. The normalized spacial score (nSPS) is 14.5. The van der Waals surface area contributed by atoms with Gasteiger partial charge in [0.2, 0.25) is 0 Å². The Labute approximate surface area is 144 Å². The Morgan fingerprint density at radius 2 is 1.57 bits per heavy atom. The number of halogens is 4. The summed E-state index contributed by atoms with van der Waals surface area (Å²) in [7, 11) is 0. The van der Waals surface area contributed by atoms with Crippen LogP contribution in [-0.4, -0.2) is 6.04 Å². The van der Waals surface area contributed by atoms with Crippen molar-refractivity contribution in [2.45, 2.75) is 25.4 Å². The number of hydrogen-bond acceptors (Lipinski definition) is 1. The topological polar surface area (TPSA) is 12.0 Å². The van der Waals surface area contributed by atoms with Crippen LogP contribution in [0.5, 0.6) is 0 Å². The zero-order valence-electron chi connectivity index (χ0n) is 11.1. The van der Waals surface area contributed by atoms with Crippen molar-refractivity contribution in [3.63, 3.8) is 0 Å². The SMILES string of the molecule is Clc1cc(Cl)c(-c2ccc(CNC3CC3)cc2Cl)c(Cl)c1. The Kier molecular flexibility index (Phi) is 4.68. The Morgan fingerprint density at radius 1 is 0.905 bits per heavy atom. The van der Waals surface area contributed by atoms with Crippen molar-refractivity contribution in [2.24, 2.45) is 0 Å². The first-order valence-electron chi connectivity index (χ1n) is 6.71. The zero-order chi connectivity index (χ0) is 15.0. The van der Waals surface area contributed by atoms with Crippen LogP contribution >= 0.6 is 46.4 Å². The third kappa shape index (κ3) is 3.67. The van der Waals surface area contributed by atoms with Gasteiger partial charge in [-0.2, -0.15) is 0 Å². The van der Waals surface area contributed by atoms with Crippen molar-refractivity contribution in [2.75, 3.05) is 0 Å². The lowest BCUT2D eigenvalue weighted by Gasteiger charge is -2.12. The summed E-state index contributed by atoms with van der Waals surface area (Å²) in [6.07, 6.45) is 2.53. The van der Waals surface area contributed by atoms with Gasteiger partial charge in [0, 0.05) is 33.8 Å². The fourth-order valence-electron chi connectivity index (χ4n) is 2.22. The minimum Gasteiger partial charge on any atom is -0.310 e. The van der Waals surface area contributed by atoms with Gasteiger partial charge in [-0.15, -0.1) is 0 Å². The number of nitrogens with one attached hydrogen (secondary N) is 1. The van der Waals surface area contributed by atoms with Gasteiger partial charge in [0.1, 0.15) is 0 Å². The van der Waals surface area contributed by atoms with Gasteiger partial charge in [0.05, 0.1) is 10.0 Å². The molecule has 0 unspecified atom stereocenters. The first-order valence-corrected chi connectivity index (χ1v) is 8.22. The molecule has 0 bridgehead atoms. The first-order chi connectivity index (χ1) is 10.0. The van der Waals surface area contributed by atoms with E-state index >= 15 is 0 Å². The van der Waals surface area contributed by atoms with E-state index in [0.717, 1.165) is 23.2 Å². The molecule has 1 aliphatic carbocycles. The molecule has 0 aliphatic heterocycles. The molecule has 0 spiro atoms. The Morgan fingerprint density at radius 3 is 2.14 bits per heavy atom. The molecule has 0 radical (unpaired) electrons. The van der Waals surface area contributed by atoms with E-state index in [1.165, 1.54) is 12.8 Å². The molecule has 0 amide bonds. The molecule has 0 saturated heterocycles. The van der Waals surface area contributed by atoms with Gasteiger partial charge in [-0.3, -0.25) is 0 Å². The van der Waals surface area contributed by atoms with Crippen molar-refractivity contribution >= 4 is 46.4 Å². The summed E-state index contributed by atoms with van der Waals surface area (Å²) in [4.78, 5) is 0. The first kappa shape index (κ1) is 15.5. The van der Waals surface area contributed by atoms with Gasteiger partial charge < -0.3 is 5.32 Å². The van der Waals surface area contributed by atoms with E-state index in [9.17, 15) is 0 Å². The summed E-state index contributed by atoms with van der Waals surface area (Å²) in [5.41, 5.74) is 2.68. The van der Waals surface area contributed by atoms with Gasteiger partial charge in [-0.25, -0.2) is 0 Å². The Balaban J connectivity index is 1.91. The highest BCUT2D eigenvalue weighted by atomic mass is 35.5. The Bertz CT molecular complexity index is 657. The maximum absolute atomic E-state index is 6.40. The number of hydrogen-bond donors (Lipinski definition) is 1. The minimum absolute atomic E-state index is 0.498. The lowest BCUT2D eigenvalue weighted by Crippen LogP contribution is -2.15. The van der Waals surface area contributed by atoms with Gasteiger partial charge in [0.15, 0.2) is 0 Å². The average Bonchev–Trinajstić information content (AvgIpc) is 3.21. The van der Waals surface area contributed by atoms with Gasteiger partial charge in [0.25, 0.3) is 0 Å². The highest BCUT2D eigenvalue weighted by molar-refractivity contribution is 6.43. The maximum Gasteiger partial charge on any atom is 0.0514 e. The molecule has 1 nitrogen and oxygen atoms in total. The predicted molar refractivity (Wildman–Crippen MR) is 91.8 cm³/mol. The quantitative estimate of drug-likeness (QED) is 0.682. The highest BCUT2D eigenvalue weighted by Gasteiger charge is 2.20. The zero-order valence-corrected chi connectivity index (χ0v) is 14.1. The molecule has 0 heterocycles. The smallest absolute Gasteiger partial charge is 0.0514 e. The molecule has 2 aromatic rings. The molecule has 3 rings (SSSR count). The Hall–Kier alpha value is -0.440. The van der Waals surface area contributed by atoms with E-state index in [-0.39, 0.29) is 0 Å². The summed E-state index contributed by atoms with van der Waals surface area (Å²) < 4.78 is 0. The van der Waals surface area contributed by atoms with Crippen molar-refractivity contribution < 1.29 is 0 Å². The summed E-state index contributed by atoms with van der Waals surface area (Å²) >= 11 is 24.8. The van der Waals surface area contributed by atoms with E-state index in [0.29, 0.717) is 26.1 Å². The average molecular weight is 361 g/mol. The molecule has 110 valence electrons. The molecule has 2 aromatic carbocycles. The molecular weight excluding hydrogens is 348 g/mol. The van der Waals surface area contributed by atoms with Crippen LogP contribution in [0.4, 0.5) is 0 Å². The molecule has 21 heavy (non-hydrogen) atoms. The van der Waals surface area contributed by atoms with E-state index in [4.69, 9.17) is 46.4 Å². The van der Waals surface area contributed by atoms with Crippen molar-refractivity contribution in [1.82, 2.24) is 5.32 Å². The molecule has 0 atom stereocenters. The monoisotopic (exact) mass is 359 g/mol. The predicted octanol–water partition coefficient (Wildman–Crippen LogP) is 6.22. The molecule has 1 saturated carbocycles. The second-order valence-corrected chi connectivity index (χ2v) is 6.87. The van der Waals surface area contributed by atoms with Gasteiger partial charge in [-0.05, 0) is 36.6 Å². The number of benzene rings is 2. The summed E-state index contributed by atoms with van der Waals surface area (Å²) in [5, 5.41) is 5.60. The summed E-state index contributed by atoms with van der Waals surface area (Å²) in [5.74, 6) is 0. The van der Waals surface area contributed by atoms with Crippen LogP contribution in [-0.2, 0) is 6.54 Å². The van der Waals surface area contributed by atoms with Crippen LogP contribution in [0.1, 0.15) is 18.4 Å². The molecular formula is C16H13Cl4N. The van der Waals surface area contributed by atoms with Crippen molar-refractivity contribution in [3.05, 3.63) is 56.0 Å². The second kappa shape index (κ2) is 6.36. The second-order valence-electron chi connectivity index (χ2n) is 5.21. The van der Waals surface area contributed by atoms with Crippen LogP contribution in [0.25, 0.3) is 11.1 Å². The summed E-state index contributed by atoms with van der Waals surface area (Å²) in [6, 6.07) is 9.95. The van der Waals surface area contributed by atoms with Crippen LogP contribution in [0.3, 0.4) is 0 Å². The fraction of sp³-hybridized carbons (Fsp3) is 0.250. The molecule has 1 aliphatic rings. The molecule has 0 aromatic heterocycles. The van der Waals surface area contributed by atoms with E-state index < -0.39 is 0 Å². The third-order valence-electron chi connectivity index (χ3n) is 3.48. The molecule has 5 heteroatoms. The largest absolute Gasteiger partial charge is 0.310 e. The van der Waals surface area contributed by atoms with E-state index in [2.05, 4.69) is 5.32 Å². The maximum atomic E-state index is 6.40. The molecule has 1 fully saturated rings. The lowest BCUT2D eigenvalue weighted by atomic mass is 10.0. The summed E-state index contributed by atoms with van der Waals surface area (Å²) in [6.45, 7) is 0.826. The minimum atomic E-state index is 0.498. The highest BCUT2D eigenvalue weighted by Crippen LogP contribution is 2.40. The van der Waals surface area contributed by atoms with Crippen molar-refractivity contribution in [3.8, 4) is 11.1 Å². The molecule has 1 N–H and O–H groups in total. The van der Waals surface area contributed by atoms with E-state index in [1.54, 1.807) is 12.1 Å². The van der Waals surface area contributed by atoms with Crippen LogP contribution in [0.2, 0.25) is 20.1 Å². The third-order valence-corrected chi connectivity index (χ3v) is 4.61. The van der Waals surface area contributed by atoms with Gasteiger partial charge >= 0.3 is 0 Å². The van der Waals surface area contributed by atoms with Crippen molar-refractivity contribution in [1.29, 1.82) is 0 Å². The van der Waals surface area contributed by atoms with Crippen LogP contribution in [0.15, 0.2) is 30.3 Å². The van der Waals surface area contributed by atoms with Gasteiger partial charge in [-0.1, -0.05) is 58.5 Å². The van der Waals surface area contributed by atoms with E-state index in [1.807, 2.05) is 18.2 Å². The van der Waals surface area contributed by atoms with Crippen LogP contribution < -0.4 is 5.32 Å². The van der Waals surface area contributed by atoms with Crippen LogP contribution in [0, 0.1) is 0 Å².